The van der Waals surface area contributed by atoms with E-state index in [1.807, 2.05) is 13.8 Å². The largest absolute Gasteiger partial charge is 0.494 e. The van der Waals surface area contributed by atoms with E-state index >= 15 is 0 Å². The van der Waals surface area contributed by atoms with Gasteiger partial charge >= 0.3 is 0 Å². The molecule has 0 aliphatic rings. The number of amides is 1. The first kappa shape index (κ1) is 17.2. The van der Waals surface area contributed by atoms with Crippen molar-refractivity contribution in [3.8, 4) is 5.75 Å². The number of ketones is 1. The minimum Gasteiger partial charge on any atom is -0.494 e. The lowest BCUT2D eigenvalue weighted by Gasteiger charge is -2.09. The summed E-state index contributed by atoms with van der Waals surface area (Å²) >= 11 is 0. The molecule has 0 heterocycles. The van der Waals surface area contributed by atoms with Crippen LogP contribution in [0.1, 0.15) is 37.0 Å². The highest BCUT2D eigenvalue weighted by molar-refractivity contribution is 5.98. The molecule has 0 aliphatic heterocycles. The van der Waals surface area contributed by atoms with Crippen LogP contribution in [0.4, 0.5) is 0 Å². The van der Waals surface area contributed by atoms with Crippen molar-refractivity contribution in [2.75, 3.05) is 19.7 Å². The first-order chi connectivity index (χ1) is 10.1. The van der Waals surface area contributed by atoms with Crippen LogP contribution < -0.4 is 15.8 Å². The second-order valence-electron chi connectivity index (χ2n) is 5.03. The van der Waals surface area contributed by atoms with Crippen molar-refractivity contribution in [2.24, 2.45) is 11.7 Å². The van der Waals surface area contributed by atoms with Gasteiger partial charge in [-0.1, -0.05) is 6.92 Å². The van der Waals surface area contributed by atoms with Gasteiger partial charge in [-0.15, -0.1) is 0 Å². The molecule has 1 aromatic carbocycles. The van der Waals surface area contributed by atoms with Crippen LogP contribution in [0.15, 0.2) is 24.3 Å². The minimum absolute atomic E-state index is 0.0416. The maximum absolute atomic E-state index is 12.0. The molecule has 0 fully saturated rings. The topological polar surface area (TPSA) is 81.4 Å². The van der Waals surface area contributed by atoms with Gasteiger partial charge in [0.2, 0.25) is 5.91 Å². The van der Waals surface area contributed by atoms with Crippen LogP contribution in [0.5, 0.6) is 5.75 Å². The van der Waals surface area contributed by atoms with Crippen LogP contribution in [0.3, 0.4) is 0 Å². The SMILES string of the molecule is CCOc1ccc(C(=O)CCC(=O)NCC(C)CN)cc1. The molecular weight excluding hydrogens is 268 g/mol. The second kappa shape index (κ2) is 9.13. The van der Waals surface area contributed by atoms with E-state index in [1.54, 1.807) is 24.3 Å². The standard InChI is InChI=1S/C16H24N2O3/c1-3-21-14-6-4-13(5-7-14)15(19)8-9-16(20)18-11-12(2)10-17/h4-7,12H,3,8-11,17H2,1-2H3,(H,18,20). The van der Waals surface area contributed by atoms with E-state index in [0.717, 1.165) is 5.75 Å². The zero-order valence-corrected chi connectivity index (χ0v) is 12.7. The third-order valence-corrected chi connectivity index (χ3v) is 3.12. The summed E-state index contributed by atoms with van der Waals surface area (Å²) in [7, 11) is 0. The number of nitrogens with one attached hydrogen (secondary N) is 1. The lowest BCUT2D eigenvalue weighted by molar-refractivity contribution is -0.121. The van der Waals surface area contributed by atoms with Crippen molar-refractivity contribution in [3.63, 3.8) is 0 Å². The zero-order chi connectivity index (χ0) is 15.7. The lowest BCUT2D eigenvalue weighted by atomic mass is 10.1. The third-order valence-electron chi connectivity index (χ3n) is 3.12. The van der Waals surface area contributed by atoms with Gasteiger partial charge in [-0.2, -0.15) is 0 Å². The van der Waals surface area contributed by atoms with Crippen LogP contribution in [0.25, 0.3) is 0 Å². The molecule has 3 N–H and O–H groups in total. The Morgan fingerprint density at radius 2 is 1.90 bits per heavy atom. The summed E-state index contributed by atoms with van der Waals surface area (Å²) in [5.41, 5.74) is 6.07. The fourth-order valence-electron chi connectivity index (χ4n) is 1.73. The van der Waals surface area contributed by atoms with Gasteiger partial charge in [-0.25, -0.2) is 0 Å². The number of carbonyl (C=O) groups excluding carboxylic acids is 2. The Bertz CT molecular complexity index is 457. The fourth-order valence-corrected chi connectivity index (χ4v) is 1.73. The minimum atomic E-state index is -0.116. The second-order valence-corrected chi connectivity index (χ2v) is 5.03. The predicted octanol–water partition coefficient (Wildman–Crippen LogP) is 1.76. The summed E-state index contributed by atoms with van der Waals surface area (Å²) in [4.78, 5) is 23.6. The molecule has 116 valence electrons. The number of rotatable bonds is 9. The van der Waals surface area contributed by atoms with Gasteiger partial charge in [0.05, 0.1) is 6.61 Å². The smallest absolute Gasteiger partial charge is 0.220 e. The number of nitrogens with two attached hydrogens (primary N) is 1. The molecule has 1 atom stereocenters. The average Bonchev–Trinajstić information content (AvgIpc) is 2.51. The first-order valence-corrected chi connectivity index (χ1v) is 7.29. The van der Waals surface area contributed by atoms with E-state index < -0.39 is 0 Å². The van der Waals surface area contributed by atoms with E-state index in [1.165, 1.54) is 0 Å². The maximum atomic E-state index is 12.0. The zero-order valence-electron chi connectivity index (χ0n) is 12.7. The molecule has 1 aromatic rings. The summed E-state index contributed by atoms with van der Waals surface area (Å²) in [5.74, 6) is 0.827. The number of ether oxygens (including phenoxy) is 1. The van der Waals surface area contributed by atoms with Crippen molar-refractivity contribution in [3.05, 3.63) is 29.8 Å². The summed E-state index contributed by atoms with van der Waals surface area (Å²) in [6.45, 7) is 5.54. The van der Waals surface area contributed by atoms with Crippen molar-refractivity contribution < 1.29 is 14.3 Å². The van der Waals surface area contributed by atoms with Gasteiger partial charge in [0.25, 0.3) is 0 Å². The van der Waals surface area contributed by atoms with Gasteiger partial charge in [-0.05, 0) is 43.7 Å². The van der Waals surface area contributed by atoms with Crippen LogP contribution >= 0.6 is 0 Å². The Hall–Kier alpha value is -1.88. The van der Waals surface area contributed by atoms with Gasteiger partial charge in [-0.3, -0.25) is 9.59 Å². The normalized spacial score (nSPS) is 11.8. The fraction of sp³-hybridized carbons (Fsp3) is 0.500. The molecule has 0 spiro atoms. The van der Waals surface area contributed by atoms with Crippen LogP contribution in [0.2, 0.25) is 0 Å². The Labute approximate surface area is 125 Å². The Balaban J connectivity index is 2.37. The quantitative estimate of drug-likeness (QED) is 0.680. The summed E-state index contributed by atoms with van der Waals surface area (Å²) in [6.07, 6.45) is 0.403. The highest BCUT2D eigenvalue weighted by Gasteiger charge is 2.10. The molecule has 0 saturated carbocycles. The highest BCUT2D eigenvalue weighted by Crippen LogP contribution is 2.14. The van der Waals surface area contributed by atoms with E-state index in [0.29, 0.717) is 25.3 Å². The molecule has 0 aliphatic carbocycles. The molecule has 0 saturated heterocycles. The molecule has 21 heavy (non-hydrogen) atoms. The molecule has 5 heteroatoms. The molecule has 5 nitrogen and oxygen atoms in total. The van der Waals surface area contributed by atoms with Crippen LogP contribution in [-0.2, 0) is 4.79 Å². The van der Waals surface area contributed by atoms with E-state index in [2.05, 4.69) is 5.32 Å². The van der Waals surface area contributed by atoms with Crippen molar-refractivity contribution in [2.45, 2.75) is 26.7 Å². The number of hydrogen-bond acceptors (Lipinski definition) is 4. The monoisotopic (exact) mass is 292 g/mol. The molecule has 1 amide bonds. The van der Waals surface area contributed by atoms with Crippen LogP contribution in [0, 0.1) is 5.92 Å². The third kappa shape index (κ3) is 6.40. The van der Waals surface area contributed by atoms with E-state index in [9.17, 15) is 9.59 Å². The number of hydrogen-bond donors (Lipinski definition) is 2. The number of carbonyl (C=O) groups is 2. The number of benzene rings is 1. The molecule has 1 unspecified atom stereocenters. The molecular formula is C16H24N2O3. The summed E-state index contributed by atoms with van der Waals surface area (Å²) in [6, 6.07) is 6.98. The average molecular weight is 292 g/mol. The van der Waals surface area contributed by atoms with E-state index in [4.69, 9.17) is 10.5 Å². The van der Waals surface area contributed by atoms with Crippen molar-refractivity contribution >= 4 is 11.7 Å². The molecule has 0 aromatic heterocycles. The summed E-state index contributed by atoms with van der Waals surface area (Å²) < 4.78 is 5.32. The molecule has 0 bridgehead atoms. The predicted molar refractivity (Wildman–Crippen MR) is 82.4 cm³/mol. The van der Waals surface area contributed by atoms with Crippen molar-refractivity contribution in [1.82, 2.24) is 5.32 Å². The Morgan fingerprint density at radius 1 is 1.24 bits per heavy atom. The van der Waals surface area contributed by atoms with Crippen molar-refractivity contribution in [1.29, 1.82) is 0 Å². The van der Waals surface area contributed by atoms with Gasteiger partial charge in [0.1, 0.15) is 5.75 Å². The highest BCUT2D eigenvalue weighted by atomic mass is 16.5. The van der Waals surface area contributed by atoms with Gasteiger partial charge in [0.15, 0.2) is 5.78 Å². The number of Topliss-reactive ketones (excluding diaryl/α,β-unsaturated/α-hetero) is 1. The lowest BCUT2D eigenvalue weighted by Crippen LogP contribution is -2.31. The van der Waals surface area contributed by atoms with Gasteiger partial charge in [0, 0.05) is 24.9 Å². The maximum Gasteiger partial charge on any atom is 0.220 e. The van der Waals surface area contributed by atoms with E-state index in [-0.39, 0.29) is 30.4 Å². The Morgan fingerprint density at radius 3 is 2.48 bits per heavy atom. The summed E-state index contributed by atoms with van der Waals surface area (Å²) in [5, 5.41) is 2.77. The molecule has 0 radical (unpaired) electrons. The molecule has 1 rings (SSSR count). The Kier molecular flexibility index (Phi) is 7.46. The van der Waals surface area contributed by atoms with Gasteiger partial charge < -0.3 is 15.8 Å². The van der Waals surface area contributed by atoms with Crippen LogP contribution in [-0.4, -0.2) is 31.4 Å². The first-order valence-electron chi connectivity index (χ1n) is 7.29.